The number of amides is 2. The SMILES string of the molecule is O=C(NCCCn1cnc2ccccc21)Nc1ccc(F)cc1F. The van der Waals surface area contributed by atoms with Gasteiger partial charge in [0.2, 0.25) is 0 Å². The van der Waals surface area contributed by atoms with Gasteiger partial charge in [0.05, 0.1) is 23.0 Å². The van der Waals surface area contributed by atoms with Gasteiger partial charge < -0.3 is 15.2 Å². The van der Waals surface area contributed by atoms with Crippen molar-refractivity contribution in [3.63, 3.8) is 0 Å². The molecule has 2 aromatic carbocycles. The first kappa shape index (κ1) is 15.9. The Balaban J connectivity index is 1.47. The molecule has 3 aromatic rings. The van der Waals surface area contributed by atoms with E-state index in [1.54, 1.807) is 6.33 Å². The number of imidazole rings is 1. The second-order valence-electron chi connectivity index (χ2n) is 5.29. The molecule has 0 aliphatic heterocycles. The van der Waals surface area contributed by atoms with Gasteiger partial charge in [-0.2, -0.15) is 0 Å². The van der Waals surface area contributed by atoms with Gasteiger partial charge in [0, 0.05) is 19.2 Å². The summed E-state index contributed by atoms with van der Waals surface area (Å²) >= 11 is 0. The molecule has 5 nitrogen and oxygen atoms in total. The molecule has 0 radical (unpaired) electrons. The van der Waals surface area contributed by atoms with Gasteiger partial charge in [0.15, 0.2) is 0 Å². The number of urea groups is 1. The second kappa shape index (κ2) is 7.08. The molecule has 0 spiro atoms. The zero-order valence-electron chi connectivity index (χ0n) is 12.8. The fraction of sp³-hybridized carbons (Fsp3) is 0.176. The summed E-state index contributed by atoms with van der Waals surface area (Å²) in [7, 11) is 0. The Kier molecular flexibility index (Phi) is 4.69. The third-order valence-electron chi connectivity index (χ3n) is 3.57. The van der Waals surface area contributed by atoms with Crippen LogP contribution in [0.1, 0.15) is 6.42 Å². The van der Waals surface area contributed by atoms with Crippen LogP contribution >= 0.6 is 0 Å². The number of carbonyl (C=O) groups excluding carboxylic acids is 1. The van der Waals surface area contributed by atoms with E-state index in [9.17, 15) is 13.6 Å². The number of anilines is 1. The van der Waals surface area contributed by atoms with Gasteiger partial charge in [-0.05, 0) is 30.7 Å². The van der Waals surface area contributed by atoms with Crippen molar-refractivity contribution < 1.29 is 13.6 Å². The van der Waals surface area contributed by atoms with Crippen molar-refractivity contribution in [1.82, 2.24) is 14.9 Å². The number of carbonyl (C=O) groups is 1. The minimum Gasteiger partial charge on any atom is -0.338 e. The van der Waals surface area contributed by atoms with Crippen molar-refractivity contribution in [2.24, 2.45) is 0 Å². The number of fused-ring (bicyclic) bond motifs is 1. The largest absolute Gasteiger partial charge is 0.338 e. The summed E-state index contributed by atoms with van der Waals surface area (Å²) in [6.45, 7) is 1.12. The molecule has 7 heteroatoms. The number of rotatable bonds is 5. The van der Waals surface area contributed by atoms with E-state index in [4.69, 9.17) is 0 Å². The molecule has 24 heavy (non-hydrogen) atoms. The maximum atomic E-state index is 13.4. The lowest BCUT2D eigenvalue weighted by molar-refractivity contribution is 0.251. The minimum atomic E-state index is -0.810. The summed E-state index contributed by atoms with van der Waals surface area (Å²) < 4.78 is 28.3. The van der Waals surface area contributed by atoms with E-state index in [1.165, 1.54) is 6.07 Å². The average Bonchev–Trinajstić information content (AvgIpc) is 2.98. The number of nitrogens with zero attached hydrogens (tertiary/aromatic N) is 2. The standard InChI is InChI=1S/C17H16F2N4O/c18-12-6-7-14(13(19)10-12)22-17(24)20-8-3-9-23-11-21-15-4-1-2-5-16(15)23/h1-2,4-7,10-11H,3,8-9H2,(H2,20,22,24). The molecule has 0 atom stereocenters. The predicted octanol–water partition coefficient (Wildman–Crippen LogP) is 3.53. The normalized spacial score (nSPS) is 10.8. The molecule has 2 N–H and O–H groups in total. The molecular weight excluding hydrogens is 314 g/mol. The molecule has 0 saturated carbocycles. The molecular formula is C17H16F2N4O. The summed E-state index contributed by atoms with van der Waals surface area (Å²) in [5, 5.41) is 4.99. The van der Waals surface area contributed by atoms with Crippen LogP contribution in [0.5, 0.6) is 0 Å². The van der Waals surface area contributed by atoms with Crippen LogP contribution in [-0.4, -0.2) is 22.1 Å². The van der Waals surface area contributed by atoms with Crippen LogP contribution in [0.3, 0.4) is 0 Å². The molecule has 124 valence electrons. The van der Waals surface area contributed by atoms with E-state index < -0.39 is 17.7 Å². The van der Waals surface area contributed by atoms with E-state index >= 15 is 0 Å². The third-order valence-corrected chi connectivity index (χ3v) is 3.57. The van der Waals surface area contributed by atoms with Crippen LogP contribution in [-0.2, 0) is 6.54 Å². The number of aromatic nitrogens is 2. The van der Waals surface area contributed by atoms with Gasteiger partial charge in [-0.1, -0.05) is 12.1 Å². The van der Waals surface area contributed by atoms with Gasteiger partial charge in [0.1, 0.15) is 11.6 Å². The van der Waals surface area contributed by atoms with Crippen LogP contribution in [0.15, 0.2) is 48.8 Å². The van der Waals surface area contributed by atoms with Crippen LogP contribution in [0.4, 0.5) is 19.3 Å². The van der Waals surface area contributed by atoms with Crippen LogP contribution < -0.4 is 10.6 Å². The third kappa shape index (κ3) is 3.68. The Bertz CT molecular complexity index is 863. The first-order valence-corrected chi connectivity index (χ1v) is 7.53. The number of benzene rings is 2. The molecule has 0 aliphatic carbocycles. The molecule has 1 heterocycles. The number of aryl methyl sites for hydroxylation is 1. The summed E-state index contributed by atoms with van der Waals surface area (Å²) in [6, 6.07) is 10.3. The topological polar surface area (TPSA) is 59.0 Å². The second-order valence-corrected chi connectivity index (χ2v) is 5.29. The quantitative estimate of drug-likeness (QED) is 0.703. The number of halogens is 2. The fourth-order valence-electron chi connectivity index (χ4n) is 2.40. The fourth-order valence-corrected chi connectivity index (χ4v) is 2.40. The van der Waals surface area contributed by atoms with Crippen molar-refractivity contribution in [2.45, 2.75) is 13.0 Å². The highest BCUT2D eigenvalue weighted by Crippen LogP contribution is 2.14. The van der Waals surface area contributed by atoms with E-state index in [0.29, 0.717) is 19.5 Å². The lowest BCUT2D eigenvalue weighted by atomic mass is 10.3. The zero-order chi connectivity index (χ0) is 16.9. The monoisotopic (exact) mass is 330 g/mol. The van der Waals surface area contributed by atoms with Gasteiger partial charge in [-0.25, -0.2) is 18.6 Å². The Hall–Kier alpha value is -2.96. The van der Waals surface area contributed by atoms with E-state index in [-0.39, 0.29) is 5.69 Å². The molecule has 3 rings (SSSR count). The molecule has 2 amide bonds. The average molecular weight is 330 g/mol. The zero-order valence-corrected chi connectivity index (χ0v) is 12.8. The number of nitrogens with one attached hydrogen (secondary N) is 2. The van der Waals surface area contributed by atoms with Crippen LogP contribution in [0.2, 0.25) is 0 Å². The Labute approximate surface area is 137 Å². The Morgan fingerprint density at radius 2 is 2.00 bits per heavy atom. The van der Waals surface area contributed by atoms with Crippen LogP contribution in [0, 0.1) is 11.6 Å². The van der Waals surface area contributed by atoms with Gasteiger partial charge >= 0.3 is 6.03 Å². The highest BCUT2D eigenvalue weighted by Gasteiger charge is 2.07. The van der Waals surface area contributed by atoms with Crippen LogP contribution in [0.25, 0.3) is 11.0 Å². The van der Waals surface area contributed by atoms with E-state index in [1.807, 2.05) is 28.8 Å². The van der Waals surface area contributed by atoms with E-state index in [2.05, 4.69) is 15.6 Å². The van der Waals surface area contributed by atoms with Crippen molar-refractivity contribution in [1.29, 1.82) is 0 Å². The smallest absolute Gasteiger partial charge is 0.319 e. The molecule has 0 bridgehead atoms. The Morgan fingerprint density at radius 1 is 1.17 bits per heavy atom. The van der Waals surface area contributed by atoms with Crippen molar-refractivity contribution in [2.75, 3.05) is 11.9 Å². The summed E-state index contributed by atoms with van der Waals surface area (Å²) in [5.41, 5.74) is 1.90. The summed E-state index contributed by atoms with van der Waals surface area (Å²) in [6.07, 6.45) is 2.46. The van der Waals surface area contributed by atoms with Crippen molar-refractivity contribution >= 4 is 22.8 Å². The van der Waals surface area contributed by atoms with Gasteiger partial charge in [-0.3, -0.25) is 0 Å². The number of hydrogen-bond acceptors (Lipinski definition) is 2. The lowest BCUT2D eigenvalue weighted by Gasteiger charge is -2.09. The maximum Gasteiger partial charge on any atom is 0.319 e. The predicted molar refractivity (Wildman–Crippen MR) is 87.7 cm³/mol. The summed E-state index contributed by atoms with van der Waals surface area (Å²) in [5.74, 6) is -1.50. The maximum absolute atomic E-state index is 13.4. The minimum absolute atomic E-state index is 0.0606. The highest BCUT2D eigenvalue weighted by molar-refractivity contribution is 5.89. The molecule has 0 unspecified atom stereocenters. The summed E-state index contributed by atoms with van der Waals surface area (Å²) in [4.78, 5) is 16.0. The van der Waals surface area contributed by atoms with Gasteiger partial charge in [-0.15, -0.1) is 0 Å². The Morgan fingerprint density at radius 3 is 2.83 bits per heavy atom. The molecule has 0 saturated heterocycles. The first-order chi connectivity index (χ1) is 11.6. The van der Waals surface area contributed by atoms with E-state index in [0.717, 1.165) is 23.2 Å². The highest BCUT2D eigenvalue weighted by atomic mass is 19.1. The lowest BCUT2D eigenvalue weighted by Crippen LogP contribution is -2.30. The first-order valence-electron chi connectivity index (χ1n) is 7.53. The van der Waals surface area contributed by atoms with Gasteiger partial charge in [0.25, 0.3) is 0 Å². The number of hydrogen-bond donors (Lipinski definition) is 2. The molecule has 1 aromatic heterocycles. The number of para-hydroxylation sites is 2. The van der Waals surface area contributed by atoms with Crippen molar-refractivity contribution in [3.05, 3.63) is 60.4 Å². The molecule has 0 aliphatic rings. The molecule has 0 fully saturated rings. The van der Waals surface area contributed by atoms with Crippen molar-refractivity contribution in [3.8, 4) is 0 Å².